The Morgan fingerprint density at radius 2 is 1.76 bits per heavy atom. The molecular weight excluding hydrogens is 562 g/mol. The summed E-state index contributed by atoms with van der Waals surface area (Å²) in [4.78, 5) is 25.7. The number of hydrogen-bond donors (Lipinski definition) is 2. The third kappa shape index (κ3) is 9.02. The number of halogens is 4. The van der Waals surface area contributed by atoms with Gasteiger partial charge in [-0.2, -0.15) is 5.10 Å². The fourth-order valence-corrected chi connectivity index (χ4v) is 4.64. The maximum Gasteiger partial charge on any atom is 0.573 e. The van der Waals surface area contributed by atoms with Crippen LogP contribution in [0.1, 0.15) is 66.3 Å². The molecule has 3 rings (SSSR count). The monoisotopic (exact) mass is 594 g/mol. The first-order valence-corrected chi connectivity index (χ1v) is 13.2. The average Bonchev–Trinajstić information content (AvgIpc) is 3.25. The highest BCUT2D eigenvalue weighted by Gasteiger charge is 2.31. The maximum atomic E-state index is 13.7. The lowest BCUT2D eigenvalue weighted by Crippen LogP contribution is -2.29. The summed E-state index contributed by atoms with van der Waals surface area (Å²) in [5, 5.41) is 35.6. The van der Waals surface area contributed by atoms with Crippen molar-refractivity contribution in [2.45, 2.75) is 70.6 Å². The molecule has 0 aliphatic rings. The molecule has 0 aliphatic heterocycles. The summed E-state index contributed by atoms with van der Waals surface area (Å²) in [5.74, 6) is -3.12. The van der Waals surface area contributed by atoms with Gasteiger partial charge in [0.15, 0.2) is 5.69 Å². The second kappa shape index (κ2) is 13.8. The first-order chi connectivity index (χ1) is 19.6. The van der Waals surface area contributed by atoms with Gasteiger partial charge in [-0.15, -0.1) is 13.2 Å². The zero-order valence-electron chi connectivity index (χ0n) is 23.3. The molecule has 0 saturated heterocycles. The summed E-state index contributed by atoms with van der Waals surface area (Å²) in [6.07, 6.45) is -7.82. The van der Waals surface area contributed by atoms with Gasteiger partial charge in [0.05, 0.1) is 17.9 Å². The predicted octanol–water partition coefficient (Wildman–Crippen LogP) is 3.49. The molecule has 0 unspecified atom stereocenters. The summed E-state index contributed by atoms with van der Waals surface area (Å²) in [7, 11) is 1.47. The van der Waals surface area contributed by atoms with E-state index in [2.05, 4.69) is 9.84 Å². The van der Waals surface area contributed by atoms with Gasteiger partial charge in [0, 0.05) is 37.2 Å². The SMILES string of the molecule is CC(C)c1c(C(=O)N(C)Cc2cccc(OC(F)(F)F)c2)nn(-c2ccc(F)cc2)c1CC[C@@H](O)C[C@@H](O)CC(=O)[O-]. The van der Waals surface area contributed by atoms with Crippen LogP contribution in [0.3, 0.4) is 0 Å². The van der Waals surface area contributed by atoms with Crippen molar-refractivity contribution in [3.8, 4) is 11.4 Å². The van der Waals surface area contributed by atoms with Gasteiger partial charge in [-0.3, -0.25) is 4.79 Å². The summed E-state index contributed by atoms with van der Waals surface area (Å²) in [6.45, 7) is 3.62. The highest BCUT2D eigenvalue weighted by atomic mass is 19.4. The van der Waals surface area contributed by atoms with Crippen LogP contribution < -0.4 is 9.84 Å². The molecule has 42 heavy (non-hydrogen) atoms. The van der Waals surface area contributed by atoms with E-state index < -0.39 is 48.4 Å². The predicted molar refractivity (Wildman–Crippen MR) is 141 cm³/mol. The topological polar surface area (TPSA) is 128 Å². The number of aliphatic hydroxyl groups is 2. The Balaban J connectivity index is 1.93. The number of alkyl halides is 3. The van der Waals surface area contributed by atoms with Crippen LogP contribution >= 0.6 is 0 Å². The van der Waals surface area contributed by atoms with Gasteiger partial charge in [-0.05, 0) is 67.1 Å². The number of aliphatic hydroxyl groups excluding tert-OH is 2. The van der Waals surface area contributed by atoms with E-state index in [-0.39, 0.29) is 37.4 Å². The van der Waals surface area contributed by atoms with Crippen molar-refractivity contribution in [3.63, 3.8) is 0 Å². The van der Waals surface area contributed by atoms with Crippen molar-refractivity contribution in [3.05, 3.63) is 76.9 Å². The van der Waals surface area contributed by atoms with Gasteiger partial charge < -0.3 is 29.8 Å². The highest BCUT2D eigenvalue weighted by molar-refractivity contribution is 5.94. The van der Waals surface area contributed by atoms with E-state index in [1.54, 1.807) is 6.07 Å². The average molecular weight is 595 g/mol. The third-order valence-corrected chi connectivity index (χ3v) is 6.43. The molecule has 2 N–H and O–H groups in total. The van der Waals surface area contributed by atoms with Crippen LogP contribution in [0.4, 0.5) is 17.6 Å². The Labute approximate surface area is 240 Å². The molecule has 2 atom stereocenters. The van der Waals surface area contributed by atoms with Gasteiger partial charge in [0.2, 0.25) is 0 Å². The lowest BCUT2D eigenvalue weighted by molar-refractivity contribution is -0.307. The zero-order valence-corrected chi connectivity index (χ0v) is 23.3. The number of aromatic nitrogens is 2. The number of aliphatic carboxylic acids is 1. The summed E-state index contributed by atoms with van der Waals surface area (Å²) < 4.78 is 57.1. The summed E-state index contributed by atoms with van der Waals surface area (Å²) in [6, 6.07) is 10.7. The number of rotatable bonds is 13. The fraction of sp³-hybridized carbons (Fsp3) is 0.414. The van der Waals surface area contributed by atoms with E-state index in [0.717, 1.165) is 6.07 Å². The van der Waals surface area contributed by atoms with Crippen LogP contribution in [0.25, 0.3) is 5.69 Å². The number of carboxylic acid groups (broad SMARTS) is 1. The van der Waals surface area contributed by atoms with Crippen molar-refractivity contribution in [2.24, 2.45) is 0 Å². The molecule has 0 aliphatic carbocycles. The summed E-state index contributed by atoms with van der Waals surface area (Å²) in [5.41, 5.74) is 1.99. The lowest BCUT2D eigenvalue weighted by atomic mass is 9.95. The molecule has 0 bridgehead atoms. The van der Waals surface area contributed by atoms with Crippen LogP contribution in [-0.2, 0) is 17.8 Å². The molecule has 13 heteroatoms. The molecular formula is C29H32F4N3O6-. The molecule has 2 aromatic carbocycles. The van der Waals surface area contributed by atoms with E-state index in [4.69, 9.17) is 0 Å². The van der Waals surface area contributed by atoms with Gasteiger partial charge >= 0.3 is 6.36 Å². The normalized spacial score (nSPS) is 13.2. The third-order valence-electron chi connectivity index (χ3n) is 6.43. The second-order valence-electron chi connectivity index (χ2n) is 10.3. The minimum Gasteiger partial charge on any atom is -0.550 e. The first kappa shape index (κ1) is 32.5. The van der Waals surface area contributed by atoms with Gasteiger partial charge in [0.25, 0.3) is 5.91 Å². The number of benzene rings is 2. The van der Waals surface area contributed by atoms with Crippen LogP contribution in [0.2, 0.25) is 0 Å². The molecule has 0 radical (unpaired) electrons. The van der Waals surface area contributed by atoms with E-state index >= 15 is 0 Å². The van der Waals surface area contributed by atoms with Gasteiger partial charge in [-0.1, -0.05) is 26.0 Å². The molecule has 1 aromatic heterocycles. The number of carbonyl (C=O) groups is 2. The second-order valence-corrected chi connectivity index (χ2v) is 10.3. The van der Waals surface area contributed by atoms with Crippen LogP contribution in [0.15, 0.2) is 48.5 Å². The lowest BCUT2D eigenvalue weighted by Gasteiger charge is -2.19. The molecule has 1 heterocycles. The van der Waals surface area contributed by atoms with Crippen LogP contribution in [0, 0.1) is 5.82 Å². The molecule has 0 spiro atoms. The minimum atomic E-state index is -4.87. The molecule has 0 fully saturated rings. The maximum absolute atomic E-state index is 13.7. The Bertz CT molecular complexity index is 1370. The Hall–Kier alpha value is -3.97. The number of nitrogens with zero attached hydrogens (tertiary/aromatic N) is 3. The molecule has 3 aromatic rings. The van der Waals surface area contributed by atoms with Gasteiger partial charge in [-0.25, -0.2) is 9.07 Å². The fourth-order valence-electron chi connectivity index (χ4n) is 4.64. The Kier molecular flexibility index (Phi) is 10.7. The van der Waals surface area contributed by atoms with Crippen molar-refractivity contribution in [2.75, 3.05) is 7.05 Å². The molecule has 1 amide bonds. The summed E-state index contributed by atoms with van der Waals surface area (Å²) >= 11 is 0. The number of carbonyl (C=O) groups excluding carboxylic acids is 2. The minimum absolute atomic E-state index is 0.0563. The van der Waals surface area contributed by atoms with Crippen molar-refractivity contribution >= 4 is 11.9 Å². The smallest absolute Gasteiger partial charge is 0.550 e. The Morgan fingerprint density at radius 1 is 1.10 bits per heavy atom. The largest absolute Gasteiger partial charge is 0.573 e. The number of carboxylic acids is 1. The van der Waals surface area contributed by atoms with Crippen LogP contribution in [-0.4, -0.2) is 62.4 Å². The number of hydrogen-bond acceptors (Lipinski definition) is 7. The van der Waals surface area contributed by atoms with Gasteiger partial charge in [0.1, 0.15) is 11.6 Å². The highest BCUT2D eigenvalue weighted by Crippen LogP contribution is 2.30. The van der Waals surface area contributed by atoms with E-state index in [1.807, 2.05) is 13.8 Å². The van der Waals surface area contributed by atoms with Crippen molar-refractivity contribution in [1.82, 2.24) is 14.7 Å². The molecule has 228 valence electrons. The zero-order chi connectivity index (χ0) is 31.2. The molecule has 0 saturated carbocycles. The quantitative estimate of drug-likeness (QED) is 0.290. The van der Waals surface area contributed by atoms with Crippen molar-refractivity contribution < 1.29 is 47.2 Å². The number of amides is 1. The van der Waals surface area contributed by atoms with Crippen molar-refractivity contribution in [1.29, 1.82) is 0 Å². The van der Waals surface area contributed by atoms with E-state index in [0.29, 0.717) is 22.5 Å². The number of ether oxygens (including phenoxy) is 1. The first-order valence-electron chi connectivity index (χ1n) is 13.2. The standard InChI is InChI=1S/C29H33F4N3O6/c1-17(2)26-24(12-11-21(37)14-22(38)15-25(39)40)36(20-9-7-19(30)8-10-20)34-27(26)28(41)35(3)16-18-5-4-6-23(13-18)42-29(31,32)33/h4-10,13,17,21-22,37-38H,11-12,14-16H2,1-3H3,(H,39,40)/p-1/t21-,22-/m1/s1. The van der Waals surface area contributed by atoms with E-state index in [9.17, 15) is 42.5 Å². The van der Waals surface area contributed by atoms with Crippen LogP contribution in [0.5, 0.6) is 5.75 Å². The van der Waals surface area contributed by atoms with E-state index in [1.165, 1.54) is 53.0 Å². The Morgan fingerprint density at radius 3 is 2.36 bits per heavy atom. The molecule has 9 nitrogen and oxygen atoms in total.